The average Bonchev–Trinajstić information content (AvgIpc) is 3.13. The summed E-state index contributed by atoms with van der Waals surface area (Å²) in [5.74, 6) is 0.872. The van der Waals surface area contributed by atoms with Gasteiger partial charge in [0.05, 0.1) is 12.1 Å². The van der Waals surface area contributed by atoms with Gasteiger partial charge < -0.3 is 14.5 Å². The summed E-state index contributed by atoms with van der Waals surface area (Å²) in [6.45, 7) is 1.89. The average molecular weight is 427 g/mol. The van der Waals surface area contributed by atoms with Crippen molar-refractivity contribution in [3.8, 4) is 17.2 Å². The van der Waals surface area contributed by atoms with E-state index in [4.69, 9.17) is 32.4 Å². The molecule has 1 aromatic heterocycles. The molecule has 0 saturated heterocycles. The molecule has 4 rings (SSSR count). The van der Waals surface area contributed by atoms with E-state index in [9.17, 15) is 4.79 Å². The summed E-state index contributed by atoms with van der Waals surface area (Å²) < 4.78 is 11.0. The predicted molar refractivity (Wildman–Crippen MR) is 115 cm³/mol. The molecular weight excluding hydrogens is 411 g/mol. The van der Waals surface area contributed by atoms with Gasteiger partial charge in [0.1, 0.15) is 11.3 Å². The highest BCUT2D eigenvalue weighted by Crippen LogP contribution is 2.34. The Morgan fingerprint density at radius 2 is 1.86 bits per heavy atom. The number of hydrogen-bond donors (Lipinski definition) is 1. The van der Waals surface area contributed by atoms with Crippen molar-refractivity contribution in [3.63, 3.8) is 0 Å². The Morgan fingerprint density at radius 1 is 1.10 bits per heavy atom. The van der Waals surface area contributed by atoms with Crippen LogP contribution in [0.1, 0.15) is 15.9 Å². The van der Waals surface area contributed by atoms with Crippen molar-refractivity contribution >= 4 is 45.9 Å². The molecule has 4 aromatic rings. The van der Waals surface area contributed by atoms with Gasteiger partial charge in [-0.15, -0.1) is 0 Å². The van der Waals surface area contributed by atoms with Crippen molar-refractivity contribution in [2.75, 3.05) is 12.4 Å². The maximum atomic E-state index is 12.6. The van der Waals surface area contributed by atoms with Crippen LogP contribution in [0.25, 0.3) is 22.6 Å². The lowest BCUT2D eigenvalue weighted by Gasteiger charge is -2.11. The van der Waals surface area contributed by atoms with Crippen LogP contribution >= 0.6 is 23.2 Å². The molecule has 7 heteroatoms. The molecule has 0 spiro atoms. The van der Waals surface area contributed by atoms with E-state index in [0.717, 1.165) is 11.1 Å². The quantitative estimate of drug-likeness (QED) is 0.411. The zero-order valence-corrected chi connectivity index (χ0v) is 17.1. The van der Waals surface area contributed by atoms with Gasteiger partial charge in [-0.3, -0.25) is 4.79 Å². The highest BCUT2D eigenvalue weighted by atomic mass is 35.5. The molecule has 0 saturated carbocycles. The van der Waals surface area contributed by atoms with E-state index in [1.165, 1.54) is 0 Å². The number of oxazole rings is 1. The van der Waals surface area contributed by atoms with Gasteiger partial charge in [-0.1, -0.05) is 29.3 Å². The molecule has 0 atom stereocenters. The number of carbonyl (C=O) groups is 1. The minimum Gasteiger partial charge on any atom is -0.497 e. The zero-order chi connectivity index (χ0) is 20.5. The molecule has 3 aromatic carbocycles. The van der Waals surface area contributed by atoms with Gasteiger partial charge in [-0.2, -0.15) is 0 Å². The van der Waals surface area contributed by atoms with Crippen LogP contribution in [0.4, 0.5) is 5.69 Å². The summed E-state index contributed by atoms with van der Waals surface area (Å²) in [5.41, 5.74) is 3.81. The van der Waals surface area contributed by atoms with Crippen molar-refractivity contribution < 1.29 is 13.9 Å². The summed E-state index contributed by atoms with van der Waals surface area (Å²) in [6, 6.07) is 15.7. The Morgan fingerprint density at radius 3 is 2.59 bits per heavy atom. The second-order valence-corrected chi connectivity index (χ2v) is 7.26. The third kappa shape index (κ3) is 3.79. The van der Waals surface area contributed by atoms with Crippen molar-refractivity contribution in [2.45, 2.75) is 6.92 Å². The Labute approximate surface area is 177 Å². The fourth-order valence-electron chi connectivity index (χ4n) is 3.01. The highest BCUT2D eigenvalue weighted by Gasteiger charge is 2.16. The number of ether oxygens (including phenoxy) is 1. The summed E-state index contributed by atoms with van der Waals surface area (Å²) in [4.78, 5) is 17.1. The molecule has 1 heterocycles. The van der Waals surface area contributed by atoms with Gasteiger partial charge in [0, 0.05) is 21.8 Å². The number of halogens is 2. The van der Waals surface area contributed by atoms with Crippen LogP contribution in [0.5, 0.6) is 5.75 Å². The molecule has 0 aliphatic rings. The summed E-state index contributed by atoms with van der Waals surface area (Å²) in [5, 5.41) is 3.81. The Bertz CT molecular complexity index is 1220. The summed E-state index contributed by atoms with van der Waals surface area (Å²) >= 11 is 12.3. The first-order chi connectivity index (χ1) is 14.0. The molecule has 1 N–H and O–H groups in total. The molecule has 0 aliphatic carbocycles. The van der Waals surface area contributed by atoms with E-state index in [1.807, 2.05) is 25.1 Å². The van der Waals surface area contributed by atoms with Gasteiger partial charge in [-0.05, 0) is 61.0 Å². The molecule has 0 bridgehead atoms. The number of fused-ring (bicyclic) bond motifs is 1. The van der Waals surface area contributed by atoms with Crippen LogP contribution in [0.3, 0.4) is 0 Å². The van der Waals surface area contributed by atoms with E-state index in [0.29, 0.717) is 44.0 Å². The Balaban J connectivity index is 1.67. The van der Waals surface area contributed by atoms with Gasteiger partial charge in [0.2, 0.25) is 5.89 Å². The number of methoxy groups -OCH3 is 1. The normalized spacial score (nSPS) is 10.9. The van der Waals surface area contributed by atoms with Crippen LogP contribution in [-0.4, -0.2) is 18.0 Å². The first kappa shape index (κ1) is 19.3. The summed E-state index contributed by atoms with van der Waals surface area (Å²) in [6.07, 6.45) is 0. The topological polar surface area (TPSA) is 64.4 Å². The van der Waals surface area contributed by atoms with Crippen LogP contribution < -0.4 is 10.1 Å². The van der Waals surface area contributed by atoms with Crippen molar-refractivity contribution in [2.24, 2.45) is 0 Å². The van der Waals surface area contributed by atoms with Crippen LogP contribution in [0.2, 0.25) is 10.0 Å². The molecule has 29 heavy (non-hydrogen) atoms. The lowest BCUT2D eigenvalue weighted by molar-refractivity contribution is 0.102. The monoisotopic (exact) mass is 426 g/mol. The lowest BCUT2D eigenvalue weighted by atomic mass is 10.1. The maximum absolute atomic E-state index is 12.6. The minimum atomic E-state index is -0.222. The van der Waals surface area contributed by atoms with Crippen LogP contribution in [0.15, 0.2) is 59.0 Å². The smallest absolute Gasteiger partial charge is 0.255 e. The van der Waals surface area contributed by atoms with Crippen molar-refractivity contribution in [1.29, 1.82) is 0 Å². The fourth-order valence-corrected chi connectivity index (χ4v) is 3.54. The molecule has 0 aliphatic heterocycles. The second kappa shape index (κ2) is 7.78. The van der Waals surface area contributed by atoms with Gasteiger partial charge in [0.25, 0.3) is 5.91 Å². The minimum absolute atomic E-state index is 0.222. The second-order valence-electron chi connectivity index (χ2n) is 6.42. The third-order valence-electron chi connectivity index (χ3n) is 4.57. The van der Waals surface area contributed by atoms with E-state index >= 15 is 0 Å². The first-order valence-electron chi connectivity index (χ1n) is 8.77. The number of anilines is 1. The standard InChI is InChI=1S/C22H16Cl2N2O3/c1-12-16(22-26-19-11-14(23)10-17(24)20(19)29-22)4-3-5-18(12)25-21(27)13-6-8-15(28-2)9-7-13/h3-11H,1-2H3,(H,25,27). The number of nitrogens with zero attached hydrogens (tertiary/aromatic N) is 1. The van der Waals surface area contributed by atoms with E-state index in [1.54, 1.807) is 43.5 Å². The Hall–Kier alpha value is -3.02. The lowest BCUT2D eigenvalue weighted by Crippen LogP contribution is -2.12. The van der Waals surface area contributed by atoms with Crippen molar-refractivity contribution in [3.05, 3.63) is 75.8 Å². The number of benzene rings is 3. The number of rotatable bonds is 4. The molecule has 5 nitrogen and oxygen atoms in total. The van der Waals surface area contributed by atoms with E-state index < -0.39 is 0 Å². The van der Waals surface area contributed by atoms with Crippen LogP contribution in [-0.2, 0) is 0 Å². The molecular formula is C22H16Cl2N2O3. The SMILES string of the molecule is COc1ccc(C(=O)Nc2cccc(-c3nc4cc(Cl)cc(Cl)c4o3)c2C)cc1. The number of hydrogen-bond acceptors (Lipinski definition) is 4. The number of nitrogens with one attached hydrogen (secondary N) is 1. The predicted octanol–water partition coefficient (Wildman–Crippen LogP) is 6.37. The van der Waals surface area contributed by atoms with Crippen LogP contribution in [0, 0.1) is 6.92 Å². The fraction of sp³-hybridized carbons (Fsp3) is 0.0909. The van der Waals surface area contributed by atoms with E-state index in [2.05, 4.69) is 10.3 Å². The molecule has 0 radical (unpaired) electrons. The molecule has 1 amide bonds. The number of amides is 1. The first-order valence-corrected chi connectivity index (χ1v) is 9.53. The molecule has 146 valence electrons. The van der Waals surface area contributed by atoms with Crippen molar-refractivity contribution in [1.82, 2.24) is 4.98 Å². The maximum Gasteiger partial charge on any atom is 0.255 e. The molecule has 0 fully saturated rings. The highest BCUT2D eigenvalue weighted by molar-refractivity contribution is 6.38. The summed E-state index contributed by atoms with van der Waals surface area (Å²) in [7, 11) is 1.58. The molecule has 0 unspecified atom stereocenters. The van der Waals surface area contributed by atoms with Gasteiger partial charge in [0.15, 0.2) is 5.58 Å². The van der Waals surface area contributed by atoms with E-state index in [-0.39, 0.29) is 5.91 Å². The van der Waals surface area contributed by atoms with Gasteiger partial charge >= 0.3 is 0 Å². The Kier molecular flexibility index (Phi) is 5.18. The zero-order valence-electron chi connectivity index (χ0n) is 15.6. The van der Waals surface area contributed by atoms with Gasteiger partial charge in [-0.25, -0.2) is 4.98 Å². The third-order valence-corrected chi connectivity index (χ3v) is 5.07. The number of aromatic nitrogens is 1. The largest absolute Gasteiger partial charge is 0.497 e. The number of carbonyl (C=O) groups excluding carboxylic acids is 1.